The van der Waals surface area contributed by atoms with E-state index < -0.39 is 11.6 Å². The van der Waals surface area contributed by atoms with E-state index in [1.54, 1.807) is 25.3 Å². The molecule has 0 fully saturated rings. The predicted molar refractivity (Wildman–Crippen MR) is 120 cm³/mol. The Kier molecular flexibility index (Phi) is 6.47. The molecule has 3 aromatic rings. The number of amides is 1. The van der Waals surface area contributed by atoms with Gasteiger partial charge in [-0.25, -0.2) is 18.7 Å². The molecule has 0 N–H and O–H groups in total. The third-order valence-electron chi connectivity index (χ3n) is 5.55. The lowest BCUT2D eigenvalue weighted by molar-refractivity contribution is 0.0765. The number of rotatable bonds is 7. The van der Waals surface area contributed by atoms with E-state index in [1.165, 1.54) is 24.1 Å². The van der Waals surface area contributed by atoms with E-state index in [1.807, 2.05) is 6.92 Å². The number of hydrogen-bond acceptors (Lipinski definition) is 5. The van der Waals surface area contributed by atoms with Crippen molar-refractivity contribution in [1.82, 2.24) is 14.9 Å². The van der Waals surface area contributed by atoms with Gasteiger partial charge in [0.25, 0.3) is 5.91 Å². The fourth-order valence-corrected chi connectivity index (χ4v) is 4.17. The van der Waals surface area contributed by atoms with Crippen LogP contribution in [0.2, 0.25) is 5.15 Å². The number of carbonyl (C=O) groups is 1. The topological polar surface area (TPSA) is 64.6 Å². The molecule has 1 aromatic heterocycles. The molecular weight excluding hydrogens is 452 g/mol. The van der Waals surface area contributed by atoms with E-state index >= 15 is 4.39 Å². The zero-order valence-electron chi connectivity index (χ0n) is 18.4. The number of nitrogens with zero attached hydrogens (tertiary/aromatic N) is 3. The zero-order valence-corrected chi connectivity index (χ0v) is 19.2. The van der Waals surface area contributed by atoms with Crippen LogP contribution in [-0.4, -0.2) is 35.0 Å². The molecular formula is C24H22ClF2N3O3. The smallest absolute Gasteiger partial charge is 0.259 e. The lowest BCUT2D eigenvalue weighted by atomic mass is 10.0. The van der Waals surface area contributed by atoms with Crippen LogP contribution in [0.1, 0.15) is 40.5 Å². The minimum absolute atomic E-state index is 0.122. The fraction of sp³-hybridized carbons (Fsp3) is 0.292. The zero-order chi connectivity index (χ0) is 23.7. The van der Waals surface area contributed by atoms with Crippen LogP contribution in [0.25, 0.3) is 11.4 Å². The summed E-state index contributed by atoms with van der Waals surface area (Å²) in [5.74, 6) is -0.847. The Morgan fingerprint density at radius 2 is 1.82 bits per heavy atom. The van der Waals surface area contributed by atoms with Crippen molar-refractivity contribution < 1.29 is 23.0 Å². The molecule has 1 aliphatic heterocycles. The summed E-state index contributed by atoms with van der Waals surface area (Å²) in [6.45, 7) is 2.25. The molecule has 0 aliphatic carbocycles. The van der Waals surface area contributed by atoms with Crippen molar-refractivity contribution in [2.75, 3.05) is 14.2 Å². The highest BCUT2D eigenvalue weighted by Gasteiger charge is 2.34. The van der Waals surface area contributed by atoms with Crippen molar-refractivity contribution in [3.63, 3.8) is 0 Å². The number of aromatic nitrogens is 2. The molecule has 9 heteroatoms. The van der Waals surface area contributed by atoms with E-state index in [-0.39, 0.29) is 41.1 Å². The van der Waals surface area contributed by atoms with E-state index in [0.29, 0.717) is 35.6 Å². The van der Waals surface area contributed by atoms with E-state index in [9.17, 15) is 9.18 Å². The molecule has 1 aliphatic rings. The first-order valence-corrected chi connectivity index (χ1v) is 10.8. The summed E-state index contributed by atoms with van der Waals surface area (Å²) in [5.41, 5.74) is 1.25. The first-order valence-electron chi connectivity index (χ1n) is 10.4. The fourth-order valence-electron chi connectivity index (χ4n) is 3.90. The highest BCUT2D eigenvalue weighted by Crippen LogP contribution is 2.34. The molecule has 0 unspecified atom stereocenters. The van der Waals surface area contributed by atoms with Crippen LogP contribution in [0.15, 0.2) is 30.3 Å². The first-order chi connectivity index (χ1) is 15.9. The second-order valence-electron chi connectivity index (χ2n) is 7.64. The molecule has 0 saturated heterocycles. The molecule has 0 atom stereocenters. The summed E-state index contributed by atoms with van der Waals surface area (Å²) in [6.07, 6.45) is 1.15. The van der Waals surface area contributed by atoms with E-state index in [0.717, 1.165) is 5.56 Å². The Morgan fingerprint density at radius 3 is 2.52 bits per heavy atom. The minimum Gasteiger partial charge on any atom is -0.497 e. The van der Waals surface area contributed by atoms with Crippen molar-refractivity contribution in [2.45, 2.75) is 32.9 Å². The highest BCUT2D eigenvalue weighted by atomic mass is 35.5. The maximum atomic E-state index is 15.0. The van der Waals surface area contributed by atoms with Gasteiger partial charge in [-0.1, -0.05) is 31.0 Å². The van der Waals surface area contributed by atoms with Gasteiger partial charge in [0.05, 0.1) is 38.6 Å². The van der Waals surface area contributed by atoms with Crippen molar-refractivity contribution in [3.8, 4) is 22.9 Å². The Hall–Kier alpha value is -3.26. The van der Waals surface area contributed by atoms with Gasteiger partial charge in [-0.05, 0) is 30.2 Å². The van der Waals surface area contributed by atoms with Crippen LogP contribution in [0.4, 0.5) is 8.78 Å². The summed E-state index contributed by atoms with van der Waals surface area (Å²) in [6, 6.07) is 7.91. The lowest BCUT2D eigenvalue weighted by Gasteiger charge is -2.18. The molecule has 0 saturated carbocycles. The van der Waals surface area contributed by atoms with Gasteiger partial charge in [-0.2, -0.15) is 0 Å². The Balaban J connectivity index is 1.69. The maximum Gasteiger partial charge on any atom is 0.259 e. The average molecular weight is 474 g/mol. The van der Waals surface area contributed by atoms with Crippen molar-refractivity contribution in [1.29, 1.82) is 0 Å². The quantitative estimate of drug-likeness (QED) is 0.441. The number of halogens is 3. The number of ether oxygens (including phenoxy) is 2. The van der Waals surface area contributed by atoms with Gasteiger partial charge in [0.15, 0.2) is 5.82 Å². The molecule has 33 heavy (non-hydrogen) atoms. The highest BCUT2D eigenvalue weighted by molar-refractivity contribution is 6.33. The van der Waals surface area contributed by atoms with Gasteiger partial charge in [0, 0.05) is 11.6 Å². The molecule has 0 radical (unpaired) electrons. The third kappa shape index (κ3) is 4.23. The molecule has 4 rings (SSSR count). The van der Waals surface area contributed by atoms with Crippen molar-refractivity contribution in [3.05, 3.63) is 69.5 Å². The number of methoxy groups -OCH3 is 2. The number of aryl methyl sites for hydroxylation is 1. The predicted octanol–water partition coefficient (Wildman–Crippen LogP) is 5.20. The summed E-state index contributed by atoms with van der Waals surface area (Å²) >= 11 is 6.31. The Bertz CT molecular complexity index is 1240. The largest absolute Gasteiger partial charge is 0.497 e. The number of hydrogen-bond donors (Lipinski definition) is 0. The third-order valence-corrected chi connectivity index (χ3v) is 5.82. The molecule has 6 nitrogen and oxygen atoms in total. The summed E-state index contributed by atoms with van der Waals surface area (Å²) in [4.78, 5) is 22.9. The maximum absolute atomic E-state index is 15.0. The molecule has 172 valence electrons. The number of fused-ring (bicyclic) bond motifs is 1. The van der Waals surface area contributed by atoms with Crippen LogP contribution in [-0.2, 0) is 19.5 Å². The van der Waals surface area contributed by atoms with Gasteiger partial charge in [0.1, 0.15) is 33.9 Å². The summed E-state index contributed by atoms with van der Waals surface area (Å²) < 4.78 is 40.2. The standard InChI is InChI=1S/C24H22ClF2N3O3/c1-4-5-13-7-9-16(26)19(21(13)27)23-28-17-12-30(24(31)20(17)22(25)29-23)11-14-6-8-15(32-2)10-18(14)33-3/h6-10H,4-5,11-12H2,1-3H3. The number of carbonyl (C=O) groups excluding carboxylic acids is 1. The first kappa shape index (κ1) is 22.9. The van der Waals surface area contributed by atoms with Crippen molar-refractivity contribution in [2.24, 2.45) is 0 Å². The van der Waals surface area contributed by atoms with Gasteiger partial charge < -0.3 is 14.4 Å². The molecule has 1 amide bonds. The van der Waals surface area contributed by atoms with E-state index in [2.05, 4.69) is 9.97 Å². The van der Waals surface area contributed by atoms with Gasteiger partial charge in [-0.15, -0.1) is 0 Å². The number of benzene rings is 2. The molecule has 0 bridgehead atoms. The average Bonchev–Trinajstić information content (AvgIpc) is 3.11. The minimum atomic E-state index is -0.785. The monoisotopic (exact) mass is 473 g/mol. The van der Waals surface area contributed by atoms with Crippen LogP contribution in [0, 0.1) is 11.6 Å². The normalized spacial score (nSPS) is 12.8. The molecule has 2 heterocycles. The van der Waals surface area contributed by atoms with Gasteiger partial charge in [-0.3, -0.25) is 4.79 Å². The van der Waals surface area contributed by atoms with Crippen LogP contribution >= 0.6 is 11.6 Å². The Labute approximate surface area is 195 Å². The molecule has 2 aromatic carbocycles. The summed E-state index contributed by atoms with van der Waals surface area (Å²) in [7, 11) is 3.08. The SMILES string of the molecule is CCCc1ccc(F)c(-c2nc(Cl)c3c(n2)CN(Cc2ccc(OC)cc2OC)C3=O)c1F. The van der Waals surface area contributed by atoms with E-state index in [4.69, 9.17) is 21.1 Å². The van der Waals surface area contributed by atoms with Crippen LogP contribution in [0.5, 0.6) is 11.5 Å². The van der Waals surface area contributed by atoms with Crippen molar-refractivity contribution >= 4 is 17.5 Å². The lowest BCUT2D eigenvalue weighted by Crippen LogP contribution is -2.23. The van der Waals surface area contributed by atoms with Gasteiger partial charge in [0.2, 0.25) is 0 Å². The molecule has 0 spiro atoms. The Morgan fingerprint density at radius 1 is 1.06 bits per heavy atom. The second-order valence-corrected chi connectivity index (χ2v) is 8.00. The second kappa shape index (κ2) is 9.31. The van der Waals surface area contributed by atoms with Crippen LogP contribution < -0.4 is 9.47 Å². The van der Waals surface area contributed by atoms with Crippen LogP contribution in [0.3, 0.4) is 0 Å². The summed E-state index contributed by atoms with van der Waals surface area (Å²) in [5, 5.41) is -0.135. The van der Waals surface area contributed by atoms with Gasteiger partial charge >= 0.3 is 0 Å².